The summed E-state index contributed by atoms with van der Waals surface area (Å²) in [4.78, 5) is 27.5. The minimum atomic E-state index is -2.15. The molecule has 1 aromatic rings. The summed E-state index contributed by atoms with van der Waals surface area (Å²) in [7, 11) is 0. The predicted octanol–water partition coefficient (Wildman–Crippen LogP) is -3.43. The molecule has 11 N–H and O–H groups in total. The number of phenolic OH excluding ortho intramolecular Hbond substituents is 1. The Morgan fingerprint density at radius 1 is 0.744 bits per heavy atom. The first-order chi connectivity index (χ1) is 20.3. The van der Waals surface area contributed by atoms with Gasteiger partial charge in [-0.05, 0) is 30.2 Å². The van der Waals surface area contributed by atoms with E-state index in [0.717, 1.165) is 6.08 Å². The molecule has 3 aliphatic rings. The number of aliphatic hydroxyl groups is 10. The number of ketones is 2. The molecule has 2 heterocycles. The van der Waals surface area contributed by atoms with E-state index in [-0.39, 0.29) is 12.2 Å². The maximum absolute atomic E-state index is 13.8. The second-order valence-corrected chi connectivity index (χ2v) is 10.5. The molecule has 0 saturated carbocycles. The highest BCUT2D eigenvalue weighted by atomic mass is 16.6. The summed E-state index contributed by atoms with van der Waals surface area (Å²) in [5, 5.41) is 113. The zero-order valence-corrected chi connectivity index (χ0v) is 22.5. The van der Waals surface area contributed by atoms with E-state index >= 15 is 0 Å². The largest absolute Gasteiger partial charge is 0.508 e. The van der Waals surface area contributed by atoms with Crippen LogP contribution in [0.5, 0.6) is 5.75 Å². The molecule has 0 bridgehead atoms. The highest BCUT2D eigenvalue weighted by Gasteiger charge is 2.57. The molecular formula is C28H34O15. The van der Waals surface area contributed by atoms with Gasteiger partial charge in [0, 0.05) is 0 Å². The van der Waals surface area contributed by atoms with Gasteiger partial charge in [0.05, 0.1) is 18.8 Å². The number of aromatic hydroxyl groups is 1. The lowest BCUT2D eigenvalue weighted by Crippen LogP contribution is -2.64. The van der Waals surface area contributed by atoms with E-state index in [4.69, 9.17) is 9.47 Å². The summed E-state index contributed by atoms with van der Waals surface area (Å²) >= 11 is 0. The number of phenols is 1. The molecule has 236 valence electrons. The zero-order valence-electron chi connectivity index (χ0n) is 22.5. The number of carbonyl (C=O) groups excluding carboxylic acids is 2. The SMILES string of the molecule is O=C1C(=C(O)/C=C/Cc2ccc(O)cc2)C(O)=C([C@@H]2O[C@H](CO)[C@@H](O)[C@H](O)[C@H]2O)C(=O)[C@@H]1[C@@H]1O[C@H](CO)[C@@H](O)[C@H](O)[C@H]1O. The van der Waals surface area contributed by atoms with Gasteiger partial charge in [-0.2, -0.15) is 0 Å². The number of hydrogen-bond acceptors (Lipinski definition) is 15. The third-order valence-electron chi connectivity index (χ3n) is 7.83. The first-order valence-electron chi connectivity index (χ1n) is 13.3. The van der Waals surface area contributed by atoms with Crippen molar-refractivity contribution < 1.29 is 75.2 Å². The van der Waals surface area contributed by atoms with Crippen molar-refractivity contribution >= 4 is 11.6 Å². The second kappa shape index (κ2) is 13.2. The smallest absolute Gasteiger partial charge is 0.183 e. The van der Waals surface area contributed by atoms with Crippen molar-refractivity contribution in [2.45, 2.75) is 67.5 Å². The molecule has 0 radical (unpaired) electrons. The van der Waals surface area contributed by atoms with Gasteiger partial charge in [-0.15, -0.1) is 0 Å². The third kappa shape index (κ3) is 6.09. The highest BCUT2D eigenvalue weighted by Crippen LogP contribution is 2.40. The van der Waals surface area contributed by atoms with Crippen LogP contribution in [0.1, 0.15) is 5.56 Å². The standard InChI is InChI=1S/C28H34O15/c29-8-13-18(33)23(38)25(40)27(42-13)16-20(35)15(12(32)3-1-2-10-4-6-11(31)7-5-10)21(36)17(22(16)37)28-26(41)24(39)19(34)14(9-30)43-28/h1,3-7,13-14,16,18-19,23-34,36,38-41H,2,8-9H2/b3-1+,15-12?/t13-,14-,16-,18-,19-,23+,24+,25-,26-,27+,28+/m1/s1. The van der Waals surface area contributed by atoms with Crippen LogP contribution >= 0.6 is 0 Å². The lowest BCUT2D eigenvalue weighted by molar-refractivity contribution is -0.239. The van der Waals surface area contributed by atoms with Crippen molar-refractivity contribution in [1.82, 2.24) is 0 Å². The molecule has 4 rings (SSSR count). The van der Waals surface area contributed by atoms with Crippen LogP contribution in [0, 0.1) is 5.92 Å². The van der Waals surface area contributed by atoms with Gasteiger partial charge >= 0.3 is 0 Å². The quantitative estimate of drug-likeness (QED) is 0.0814. The van der Waals surface area contributed by atoms with Crippen LogP contribution in [-0.2, 0) is 25.5 Å². The van der Waals surface area contributed by atoms with E-state index in [2.05, 4.69) is 0 Å². The van der Waals surface area contributed by atoms with Crippen molar-refractivity contribution in [3.63, 3.8) is 0 Å². The number of benzene rings is 1. The molecule has 0 aromatic heterocycles. The van der Waals surface area contributed by atoms with Crippen LogP contribution in [0.2, 0.25) is 0 Å². The molecule has 0 unspecified atom stereocenters. The monoisotopic (exact) mass is 610 g/mol. The lowest BCUT2D eigenvalue weighted by atomic mass is 9.72. The van der Waals surface area contributed by atoms with E-state index in [1.54, 1.807) is 12.1 Å². The molecule has 1 aliphatic carbocycles. The average Bonchev–Trinajstić information content (AvgIpc) is 2.98. The zero-order chi connectivity index (χ0) is 31.7. The molecule has 15 heteroatoms. The summed E-state index contributed by atoms with van der Waals surface area (Å²) in [6.07, 6.45) is -16.3. The molecule has 1 aromatic carbocycles. The summed E-state index contributed by atoms with van der Waals surface area (Å²) in [5.41, 5.74) is -1.10. The van der Waals surface area contributed by atoms with E-state index in [0.29, 0.717) is 5.56 Å². The Morgan fingerprint density at radius 3 is 1.88 bits per heavy atom. The summed E-state index contributed by atoms with van der Waals surface area (Å²) in [5.74, 6) is -6.82. The number of ether oxygens (including phenoxy) is 2. The molecular weight excluding hydrogens is 576 g/mol. The Kier molecular flexibility index (Phi) is 10.0. The molecule has 0 amide bonds. The molecule has 43 heavy (non-hydrogen) atoms. The fourth-order valence-electron chi connectivity index (χ4n) is 5.40. The number of aliphatic hydroxyl groups excluding tert-OH is 10. The maximum Gasteiger partial charge on any atom is 0.183 e. The minimum Gasteiger partial charge on any atom is -0.508 e. The second-order valence-electron chi connectivity index (χ2n) is 10.5. The Labute approximate surface area is 244 Å². The molecule has 2 aliphatic heterocycles. The van der Waals surface area contributed by atoms with Gasteiger partial charge in [0.1, 0.15) is 89.8 Å². The Balaban J connectivity index is 1.82. The van der Waals surface area contributed by atoms with Crippen molar-refractivity contribution in [3.8, 4) is 5.75 Å². The number of carbonyl (C=O) groups is 2. The van der Waals surface area contributed by atoms with Crippen LogP contribution in [-0.4, -0.2) is 142 Å². The first-order valence-corrected chi connectivity index (χ1v) is 13.3. The fourth-order valence-corrected chi connectivity index (χ4v) is 5.40. The van der Waals surface area contributed by atoms with Crippen molar-refractivity contribution in [1.29, 1.82) is 0 Å². The van der Waals surface area contributed by atoms with Crippen molar-refractivity contribution in [3.05, 3.63) is 64.6 Å². The number of allylic oxidation sites excluding steroid dienone is 3. The summed E-state index contributed by atoms with van der Waals surface area (Å²) < 4.78 is 10.9. The third-order valence-corrected chi connectivity index (χ3v) is 7.83. The normalized spacial score (nSPS) is 38.6. The predicted molar refractivity (Wildman–Crippen MR) is 141 cm³/mol. The van der Waals surface area contributed by atoms with Crippen LogP contribution in [0.25, 0.3) is 0 Å². The molecule has 2 fully saturated rings. The number of Topliss-reactive ketones (excluding diaryl/α,β-unsaturated/α-hetero) is 2. The number of hydrogen-bond donors (Lipinski definition) is 11. The average molecular weight is 611 g/mol. The Bertz CT molecular complexity index is 1280. The fraction of sp³-hybridized carbons (Fsp3) is 0.500. The lowest BCUT2D eigenvalue weighted by Gasteiger charge is -2.45. The van der Waals surface area contributed by atoms with Gasteiger partial charge < -0.3 is 65.6 Å². The van der Waals surface area contributed by atoms with Crippen molar-refractivity contribution in [2.24, 2.45) is 5.92 Å². The molecule has 15 nitrogen and oxygen atoms in total. The van der Waals surface area contributed by atoms with E-state index in [9.17, 15) is 65.8 Å². The van der Waals surface area contributed by atoms with E-state index in [1.165, 1.54) is 18.2 Å². The summed E-state index contributed by atoms with van der Waals surface area (Å²) in [6, 6.07) is 6.00. The Hall–Kier alpha value is -3.22. The van der Waals surface area contributed by atoms with E-state index < -0.39 is 114 Å². The highest BCUT2D eigenvalue weighted by molar-refractivity contribution is 6.22. The van der Waals surface area contributed by atoms with Gasteiger partial charge in [-0.3, -0.25) is 9.59 Å². The van der Waals surface area contributed by atoms with Gasteiger partial charge in [0.25, 0.3) is 0 Å². The number of rotatable bonds is 7. The first kappa shape index (κ1) is 32.7. The van der Waals surface area contributed by atoms with Gasteiger partial charge in [-0.1, -0.05) is 18.2 Å². The van der Waals surface area contributed by atoms with Crippen LogP contribution in [0.4, 0.5) is 0 Å². The molecule has 0 spiro atoms. The Morgan fingerprint density at radius 2 is 1.30 bits per heavy atom. The molecule has 2 saturated heterocycles. The van der Waals surface area contributed by atoms with Crippen molar-refractivity contribution in [2.75, 3.05) is 13.2 Å². The van der Waals surface area contributed by atoms with Gasteiger partial charge in [-0.25, -0.2) is 0 Å². The van der Waals surface area contributed by atoms with Crippen LogP contribution in [0.3, 0.4) is 0 Å². The van der Waals surface area contributed by atoms with Crippen LogP contribution < -0.4 is 0 Å². The maximum atomic E-state index is 13.8. The summed E-state index contributed by atoms with van der Waals surface area (Å²) in [6.45, 7) is -1.79. The van der Waals surface area contributed by atoms with Gasteiger partial charge in [0.2, 0.25) is 0 Å². The van der Waals surface area contributed by atoms with Crippen LogP contribution in [0.15, 0.2) is 59.1 Å². The van der Waals surface area contributed by atoms with Gasteiger partial charge in [0.15, 0.2) is 11.6 Å². The minimum absolute atomic E-state index is 0.0187. The topological polar surface area (TPSA) is 275 Å². The van der Waals surface area contributed by atoms with E-state index in [1.807, 2.05) is 0 Å². The molecule has 11 atom stereocenters.